The summed E-state index contributed by atoms with van der Waals surface area (Å²) in [7, 11) is 0. The van der Waals surface area contributed by atoms with Crippen molar-refractivity contribution in [3.8, 4) is 0 Å². The van der Waals surface area contributed by atoms with Gasteiger partial charge in [-0.1, -0.05) is 0 Å². The molecule has 0 aromatic carbocycles. The number of aromatic nitrogens is 3. The lowest BCUT2D eigenvalue weighted by atomic mass is 10.1. The highest BCUT2D eigenvalue weighted by atomic mass is 16.4. The molecule has 0 amide bonds. The van der Waals surface area contributed by atoms with Crippen LogP contribution in [-0.4, -0.2) is 31.7 Å². The van der Waals surface area contributed by atoms with Crippen molar-refractivity contribution in [2.45, 2.75) is 32.2 Å². The van der Waals surface area contributed by atoms with Gasteiger partial charge in [0.25, 0.3) is 0 Å². The summed E-state index contributed by atoms with van der Waals surface area (Å²) in [5.74, 6) is -0.154. The Labute approximate surface area is 110 Å². The van der Waals surface area contributed by atoms with Crippen LogP contribution >= 0.6 is 0 Å². The minimum Gasteiger partial charge on any atom is -0.481 e. The van der Waals surface area contributed by atoms with Gasteiger partial charge in [-0.2, -0.15) is 5.10 Å². The van der Waals surface area contributed by atoms with Gasteiger partial charge < -0.3 is 10.4 Å². The Hall–Kier alpha value is -2.11. The number of fused-ring (bicyclic) bond motifs is 1. The standard InChI is InChI=1S/C13H16N4O2/c1-8-6-11-12(14-4-5-17(11)16-8)15-10-3-2-9(7-10)13(18)19/h4-6,9-10H,2-3,7H2,1H3,(H,14,15)(H,18,19)/t9-,10+/m1/s1. The van der Waals surface area contributed by atoms with Crippen LogP contribution < -0.4 is 5.32 Å². The molecule has 0 radical (unpaired) electrons. The van der Waals surface area contributed by atoms with Crippen LogP contribution in [0.3, 0.4) is 0 Å². The van der Waals surface area contributed by atoms with Crippen molar-refractivity contribution in [1.82, 2.24) is 14.6 Å². The zero-order valence-electron chi connectivity index (χ0n) is 10.7. The molecule has 0 bridgehead atoms. The molecule has 6 heteroatoms. The number of hydrogen-bond donors (Lipinski definition) is 2. The minimum absolute atomic E-state index is 0.176. The van der Waals surface area contributed by atoms with Crippen LogP contribution in [0.25, 0.3) is 5.52 Å². The van der Waals surface area contributed by atoms with E-state index in [0.717, 1.165) is 29.9 Å². The lowest BCUT2D eigenvalue weighted by Crippen LogP contribution is -2.19. The fourth-order valence-electron chi connectivity index (χ4n) is 2.69. The fraction of sp³-hybridized carbons (Fsp3) is 0.462. The van der Waals surface area contributed by atoms with Gasteiger partial charge in [0.05, 0.1) is 11.6 Å². The third-order valence-electron chi connectivity index (χ3n) is 3.63. The van der Waals surface area contributed by atoms with Gasteiger partial charge in [-0.15, -0.1) is 0 Å². The Kier molecular flexibility index (Phi) is 2.85. The summed E-state index contributed by atoms with van der Waals surface area (Å²) in [6, 6.07) is 2.15. The van der Waals surface area contributed by atoms with Crippen molar-refractivity contribution >= 4 is 17.3 Å². The van der Waals surface area contributed by atoms with E-state index < -0.39 is 5.97 Å². The Morgan fingerprint density at radius 3 is 3.11 bits per heavy atom. The highest BCUT2D eigenvalue weighted by molar-refractivity contribution is 5.71. The molecule has 0 aliphatic heterocycles. The highest BCUT2D eigenvalue weighted by Gasteiger charge is 2.30. The largest absolute Gasteiger partial charge is 0.481 e. The molecule has 2 atom stereocenters. The predicted octanol–water partition coefficient (Wildman–Crippen LogP) is 1.70. The van der Waals surface area contributed by atoms with Crippen LogP contribution in [0.15, 0.2) is 18.5 Å². The molecule has 19 heavy (non-hydrogen) atoms. The number of carboxylic acid groups (broad SMARTS) is 1. The summed E-state index contributed by atoms with van der Waals surface area (Å²) in [5.41, 5.74) is 1.87. The molecule has 2 N–H and O–H groups in total. The molecule has 2 heterocycles. The Morgan fingerprint density at radius 2 is 2.37 bits per heavy atom. The van der Waals surface area contributed by atoms with Crippen LogP contribution in [-0.2, 0) is 4.79 Å². The van der Waals surface area contributed by atoms with Gasteiger partial charge in [0.1, 0.15) is 5.52 Å². The molecule has 2 aromatic rings. The second kappa shape index (κ2) is 4.53. The Bertz CT molecular complexity index is 622. The molecular formula is C13H16N4O2. The average molecular weight is 260 g/mol. The number of carboxylic acids is 1. The number of anilines is 1. The molecule has 0 spiro atoms. The quantitative estimate of drug-likeness (QED) is 0.878. The second-order valence-corrected chi connectivity index (χ2v) is 5.08. The first-order chi connectivity index (χ1) is 9.13. The van der Waals surface area contributed by atoms with E-state index in [1.165, 1.54) is 0 Å². The normalized spacial score (nSPS) is 22.8. The zero-order valence-corrected chi connectivity index (χ0v) is 10.7. The maximum Gasteiger partial charge on any atom is 0.306 e. The SMILES string of the molecule is Cc1cc2c(N[C@H]3CC[C@@H](C(=O)O)C3)nccn2n1. The van der Waals surface area contributed by atoms with Crippen LogP contribution in [0.1, 0.15) is 25.0 Å². The van der Waals surface area contributed by atoms with Crippen LogP contribution in [0, 0.1) is 12.8 Å². The van der Waals surface area contributed by atoms with Gasteiger partial charge in [0.2, 0.25) is 0 Å². The molecule has 3 rings (SSSR count). The van der Waals surface area contributed by atoms with Gasteiger partial charge in [0.15, 0.2) is 5.82 Å². The number of nitrogens with zero attached hydrogens (tertiary/aromatic N) is 3. The molecule has 0 saturated heterocycles. The number of rotatable bonds is 3. The molecule has 1 fully saturated rings. The van der Waals surface area contributed by atoms with Crippen molar-refractivity contribution in [3.63, 3.8) is 0 Å². The zero-order chi connectivity index (χ0) is 13.4. The molecular weight excluding hydrogens is 244 g/mol. The van der Waals surface area contributed by atoms with Gasteiger partial charge in [-0.3, -0.25) is 4.79 Å². The van der Waals surface area contributed by atoms with E-state index in [4.69, 9.17) is 5.11 Å². The summed E-state index contributed by atoms with van der Waals surface area (Å²) < 4.78 is 1.79. The monoisotopic (exact) mass is 260 g/mol. The van der Waals surface area contributed by atoms with Gasteiger partial charge >= 0.3 is 5.97 Å². The Balaban J connectivity index is 1.80. The lowest BCUT2D eigenvalue weighted by Gasteiger charge is -2.13. The van der Waals surface area contributed by atoms with E-state index in [1.807, 2.05) is 19.2 Å². The van der Waals surface area contributed by atoms with Crippen molar-refractivity contribution in [1.29, 1.82) is 0 Å². The first-order valence-corrected chi connectivity index (χ1v) is 6.44. The summed E-state index contributed by atoms with van der Waals surface area (Å²) in [4.78, 5) is 15.3. The maximum absolute atomic E-state index is 11.0. The summed E-state index contributed by atoms with van der Waals surface area (Å²) in [6.45, 7) is 1.94. The van der Waals surface area contributed by atoms with E-state index >= 15 is 0 Å². The topological polar surface area (TPSA) is 79.5 Å². The van der Waals surface area contributed by atoms with Crippen molar-refractivity contribution in [3.05, 3.63) is 24.2 Å². The van der Waals surface area contributed by atoms with Gasteiger partial charge in [0, 0.05) is 18.4 Å². The van der Waals surface area contributed by atoms with E-state index in [2.05, 4.69) is 15.4 Å². The van der Waals surface area contributed by atoms with E-state index in [-0.39, 0.29) is 12.0 Å². The molecule has 1 aliphatic carbocycles. The van der Waals surface area contributed by atoms with Gasteiger partial charge in [-0.05, 0) is 32.3 Å². The second-order valence-electron chi connectivity index (χ2n) is 5.08. The maximum atomic E-state index is 11.0. The third kappa shape index (κ3) is 2.25. The van der Waals surface area contributed by atoms with Crippen molar-refractivity contribution in [2.75, 3.05) is 5.32 Å². The smallest absolute Gasteiger partial charge is 0.306 e. The average Bonchev–Trinajstić information content (AvgIpc) is 2.95. The number of nitrogens with one attached hydrogen (secondary N) is 1. The van der Waals surface area contributed by atoms with Gasteiger partial charge in [-0.25, -0.2) is 9.50 Å². The fourth-order valence-corrected chi connectivity index (χ4v) is 2.69. The molecule has 1 aliphatic rings. The minimum atomic E-state index is -0.698. The molecule has 1 saturated carbocycles. The van der Waals surface area contributed by atoms with Crippen LogP contribution in [0.2, 0.25) is 0 Å². The number of carbonyl (C=O) groups is 1. The molecule has 6 nitrogen and oxygen atoms in total. The molecule has 0 unspecified atom stereocenters. The van der Waals surface area contributed by atoms with Crippen LogP contribution in [0.5, 0.6) is 0 Å². The summed E-state index contributed by atoms with van der Waals surface area (Å²) >= 11 is 0. The molecule has 100 valence electrons. The number of aryl methyl sites for hydroxylation is 1. The van der Waals surface area contributed by atoms with Crippen molar-refractivity contribution < 1.29 is 9.90 Å². The first kappa shape index (κ1) is 12.0. The van der Waals surface area contributed by atoms with E-state index in [1.54, 1.807) is 10.7 Å². The lowest BCUT2D eigenvalue weighted by molar-refractivity contribution is -0.141. The highest BCUT2D eigenvalue weighted by Crippen LogP contribution is 2.28. The number of aliphatic carboxylic acids is 1. The van der Waals surface area contributed by atoms with Crippen molar-refractivity contribution in [2.24, 2.45) is 5.92 Å². The molecule has 2 aromatic heterocycles. The Morgan fingerprint density at radius 1 is 1.53 bits per heavy atom. The first-order valence-electron chi connectivity index (χ1n) is 6.44. The van der Waals surface area contributed by atoms with E-state index in [9.17, 15) is 4.79 Å². The predicted molar refractivity (Wildman–Crippen MR) is 70.1 cm³/mol. The number of hydrogen-bond acceptors (Lipinski definition) is 4. The summed E-state index contributed by atoms with van der Waals surface area (Å²) in [5, 5.41) is 16.7. The van der Waals surface area contributed by atoms with E-state index in [0.29, 0.717) is 6.42 Å². The summed E-state index contributed by atoms with van der Waals surface area (Å²) in [6.07, 6.45) is 5.76. The third-order valence-corrected chi connectivity index (χ3v) is 3.63. The van der Waals surface area contributed by atoms with Crippen LogP contribution in [0.4, 0.5) is 5.82 Å².